The zero-order chi connectivity index (χ0) is 9.26. The van der Waals surface area contributed by atoms with E-state index in [0.717, 1.165) is 22.2 Å². The third kappa shape index (κ3) is 1.24. The van der Waals surface area contributed by atoms with Crippen LogP contribution in [-0.2, 0) is 0 Å². The Morgan fingerprint density at radius 1 is 1.31 bits per heavy atom. The zero-order valence-corrected chi connectivity index (χ0v) is 7.45. The summed E-state index contributed by atoms with van der Waals surface area (Å²) in [6.45, 7) is 3.95. The van der Waals surface area contributed by atoms with Crippen molar-refractivity contribution in [1.29, 1.82) is 0 Å². The van der Waals surface area contributed by atoms with Crippen molar-refractivity contribution in [1.82, 2.24) is 4.98 Å². The summed E-state index contributed by atoms with van der Waals surface area (Å²) in [4.78, 5) is 4.25. The second-order valence-corrected chi connectivity index (χ2v) is 2.82. The average molecular weight is 172 g/mol. The second-order valence-electron chi connectivity index (χ2n) is 2.82. The van der Waals surface area contributed by atoms with E-state index in [-0.39, 0.29) is 0 Å². The molecule has 0 aliphatic carbocycles. The van der Waals surface area contributed by atoms with Gasteiger partial charge in [-0.2, -0.15) is 0 Å². The Balaban J connectivity index is 2.79. The molecule has 0 amide bonds. The highest BCUT2D eigenvalue weighted by Gasteiger charge is 2.02. The van der Waals surface area contributed by atoms with E-state index in [1.165, 1.54) is 0 Å². The van der Waals surface area contributed by atoms with E-state index in [1.54, 1.807) is 13.3 Å². The first-order valence-electron chi connectivity index (χ1n) is 4.06. The lowest BCUT2D eigenvalue weighted by Crippen LogP contribution is -1.90. The number of benzene rings is 1. The highest BCUT2D eigenvalue weighted by Crippen LogP contribution is 2.24. The molecule has 0 fully saturated rings. The summed E-state index contributed by atoms with van der Waals surface area (Å²) < 4.78 is 5.13. The van der Waals surface area contributed by atoms with Crippen LogP contribution in [0.3, 0.4) is 0 Å². The summed E-state index contributed by atoms with van der Waals surface area (Å²) in [7, 11) is 1.63. The third-order valence-corrected chi connectivity index (χ3v) is 2.07. The van der Waals surface area contributed by atoms with Gasteiger partial charge in [-0.3, -0.25) is 4.98 Å². The molecule has 13 heavy (non-hydrogen) atoms. The van der Waals surface area contributed by atoms with E-state index in [2.05, 4.69) is 11.9 Å². The van der Waals surface area contributed by atoms with Crippen molar-refractivity contribution < 1.29 is 4.74 Å². The first-order valence-corrected chi connectivity index (χ1v) is 4.06. The van der Waals surface area contributed by atoms with Crippen LogP contribution in [0.1, 0.15) is 5.56 Å². The van der Waals surface area contributed by atoms with Crippen LogP contribution in [0.15, 0.2) is 30.5 Å². The Morgan fingerprint density at radius 3 is 2.85 bits per heavy atom. The molecular formula is C11H10NO. The van der Waals surface area contributed by atoms with Gasteiger partial charge in [0.25, 0.3) is 0 Å². The number of rotatable bonds is 1. The number of fused-ring (bicyclic) bond motifs is 1. The van der Waals surface area contributed by atoms with Crippen molar-refractivity contribution in [2.45, 2.75) is 0 Å². The van der Waals surface area contributed by atoms with Gasteiger partial charge in [0.2, 0.25) is 0 Å². The molecule has 65 valence electrons. The van der Waals surface area contributed by atoms with Crippen molar-refractivity contribution in [2.75, 3.05) is 7.11 Å². The molecule has 2 aromatic rings. The Hall–Kier alpha value is -1.57. The van der Waals surface area contributed by atoms with E-state index in [9.17, 15) is 0 Å². The molecule has 0 atom stereocenters. The Kier molecular flexibility index (Phi) is 1.89. The number of hydrogen-bond acceptors (Lipinski definition) is 2. The molecule has 0 aliphatic heterocycles. The Labute approximate surface area is 77.2 Å². The van der Waals surface area contributed by atoms with Crippen molar-refractivity contribution in [3.63, 3.8) is 0 Å². The van der Waals surface area contributed by atoms with Crippen LogP contribution >= 0.6 is 0 Å². The lowest BCUT2D eigenvalue weighted by atomic mass is 10.1. The summed E-state index contributed by atoms with van der Waals surface area (Å²) >= 11 is 0. The van der Waals surface area contributed by atoms with Crippen LogP contribution < -0.4 is 4.74 Å². The summed E-state index contributed by atoms with van der Waals surface area (Å²) in [5.41, 5.74) is 1.85. The molecule has 0 bridgehead atoms. The highest BCUT2D eigenvalue weighted by atomic mass is 16.5. The molecule has 1 aromatic carbocycles. The molecular weight excluding hydrogens is 162 g/mol. The van der Waals surface area contributed by atoms with E-state index in [4.69, 9.17) is 4.74 Å². The maximum absolute atomic E-state index is 5.13. The van der Waals surface area contributed by atoms with Crippen molar-refractivity contribution >= 4 is 10.9 Å². The maximum Gasteiger partial charge on any atom is 0.140 e. The number of hydrogen-bond donors (Lipinski definition) is 0. The number of nitrogens with zero attached hydrogens (tertiary/aromatic N) is 1. The molecule has 1 aromatic heterocycles. The first-order chi connectivity index (χ1) is 6.33. The maximum atomic E-state index is 5.13. The van der Waals surface area contributed by atoms with Crippen LogP contribution in [0.4, 0.5) is 0 Å². The molecule has 0 N–H and O–H groups in total. The molecule has 0 saturated carbocycles. The molecule has 1 radical (unpaired) electrons. The van der Waals surface area contributed by atoms with Crippen LogP contribution in [-0.4, -0.2) is 12.1 Å². The lowest BCUT2D eigenvalue weighted by molar-refractivity contribution is 0.412. The molecule has 1 heterocycles. The number of ether oxygens (including phenoxy) is 1. The third-order valence-electron chi connectivity index (χ3n) is 2.07. The van der Waals surface area contributed by atoms with Gasteiger partial charge in [-0.25, -0.2) is 0 Å². The number of para-hydroxylation sites is 1. The van der Waals surface area contributed by atoms with Gasteiger partial charge in [0, 0.05) is 10.9 Å². The van der Waals surface area contributed by atoms with Gasteiger partial charge in [-0.15, -0.1) is 0 Å². The standard InChI is InChI=1S/C11H10NO/c1-8-9-5-3-4-6-10(9)12-7-11(8)13-2/h3-7H,1H2,2H3. The lowest BCUT2D eigenvalue weighted by Gasteiger charge is -2.06. The molecule has 2 nitrogen and oxygen atoms in total. The smallest absolute Gasteiger partial charge is 0.140 e. The first kappa shape index (κ1) is 8.05. The normalized spacial score (nSPS) is 10.3. The Bertz CT molecular complexity index is 437. The van der Waals surface area contributed by atoms with Gasteiger partial charge >= 0.3 is 0 Å². The molecule has 0 saturated heterocycles. The van der Waals surface area contributed by atoms with Crippen LogP contribution in [0.5, 0.6) is 5.75 Å². The number of aromatic nitrogens is 1. The molecule has 0 aliphatic rings. The van der Waals surface area contributed by atoms with E-state index >= 15 is 0 Å². The minimum Gasteiger partial charge on any atom is -0.495 e. The van der Waals surface area contributed by atoms with Crippen molar-refractivity contribution in [2.24, 2.45) is 0 Å². The number of methoxy groups -OCH3 is 1. The van der Waals surface area contributed by atoms with Gasteiger partial charge in [-0.05, 0) is 13.0 Å². The fourth-order valence-electron chi connectivity index (χ4n) is 1.36. The van der Waals surface area contributed by atoms with E-state index in [1.807, 2.05) is 24.3 Å². The van der Waals surface area contributed by atoms with Crippen molar-refractivity contribution in [3.8, 4) is 5.75 Å². The largest absolute Gasteiger partial charge is 0.495 e. The van der Waals surface area contributed by atoms with Gasteiger partial charge in [0.15, 0.2) is 0 Å². The zero-order valence-electron chi connectivity index (χ0n) is 7.45. The quantitative estimate of drug-likeness (QED) is 0.659. The Morgan fingerprint density at radius 2 is 2.08 bits per heavy atom. The van der Waals surface area contributed by atoms with Crippen LogP contribution in [0.2, 0.25) is 0 Å². The van der Waals surface area contributed by atoms with Gasteiger partial charge in [0.1, 0.15) is 5.75 Å². The van der Waals surface area contributed by atoms with E-state index in [0.29, 0.717) is 0 Å². The molecule has 0 unspecified atom stereocenters. The summed E-state index contributed by atoms with van der Waals surface area (Å²) in [6.07, 6.45) is 1.70. The summed E-state index contributed by atoms with van der Waals surface area (Å²) in [6, 6.07) is 7.88. The fourth-order valence-corrected chi connectivity index (χ4v) is 1.36. The predicted molar refractivity (Wildman–Crippen MR) is 52.8 cm³/mol. The molecule has 2 rings (SSSR count). The van der Waals surface area contributed by atoms with Gasteiger partial charge < -0.3 is 4.74 Å². The highest BCUT2D eigenvalue weighted by molar-refractivity contribution is 5.84. The van der Waals surface area contributed by atoms with Gasteiger partial charge in [-0.1, -0.05) is 18.2 Å². The van der Waals surface area contributed by atoms with Crippen LogP contribution in [0, 0.1) is 6.92 Å². The SMILES string of the molecule is [CH2]c1c(OC)cnc2ccccc12. The van der Waals surface area contributed by atoms with Crippen molar-refractivity contribution in [3.05, 3.63) is 42.9 Å². The number of pyridine rings is 1. The summed E-state index contributed by atoms with van der Waals surface area (Å²) in [5.74, 6) is 0.735. The minimum absolute atomic E-state index is 0.735. The molecule has 2 heteroatoms. The van der Waals surface area contributed by atoms with Gasteiger partial charge in [0.05, 0.1) is 18.8 Å². The second kappa shape index (κ2) is 3.05. The predicted octanol–water partition coefficient (Wildman–Crippen LogP) is 2.43. The average Bonchev–Trinajstić information content (AvgIpc) is 2.19. The topological polar surface area (TPSA) is 22.1 Å². The molecule has 0 spiro atoms. The van der Waals surface area contributed by atoms with E-state index < -0.39 is 0 Å². The monoisotopic (exact) mass is 172 g/mol. The van der Waals surface area contributed by atoms with Crippen LogP contribution in [0.25, 0.3) is 10.9 Å². The summed E-state index contributed by atoms with van der Waals surface area (Å²) in [5, 5.41) is 1.04. The minimum atomic E-state index is 0.735. The fraction of sp³-hybridized carbons (Fsp3) is 0.0909.